The van der Waals surface area contributed by atoms with Crippen molar-refractivity contribution in [2.24, 2.45) is 0 Å². The fraction of sp³-hybridized carbons (Fsp3) is 0.500. The molecule has 64 valence electrons. The van der Waals surface area contributed by atoms with Gasteiger partial charge < -0.3 is 30.8 Å². The molecule has 0 bridgehead atoms. The normalized spacial score (nSPS) is 4.17. The van der Waals surface area contributed by atoms with Crippen molar-refractivity contribution >= 4 is 87.4 Å². The number of hydrogen-bond donors (Lipinski definition) is 0. The van der Waals surface area contributed by atoms with Crippen LogP contribution < -0.4 is 10.2 Å². The summed E-state index contributed by atoms with van der Waals surface area (Å²) in [5.41, 5.74) is 0. The maximum absolute atomic E-state index is 8.89. The van der Waals surface area contributed by atoms with Crippen LogP contribution in [0.2, 0.25) is 0 Å². The number of rotatable bonds is 0. The van der Waals surface area contributed by atoms with E-state index in [4.69, 9.17) is 19.8 Å². The van der Waals surface area contributed by atoms with Gasteiger partial charge >= 0.3 is 75.5 Å². The number of hydrogen-bond acceptors (Lipinski definition) is 4. The van der Waals surface area contributed by atoms with Crippen LogP contribution in [0, 0.1) is 0 Å². The average Bonchev–Trinajstić information content (AvgIpc) is 1.25. The van der Waals surface area contributed by atoms with Gasteiger partial charge in [0.05, 0.1) is 0 Å². The molecule has 0 heterocycles. The summed E-state index contributed by atoms with van der Waals surface area (Å²) in [5, 5.41) is 17.8. The van der Waals surface area contributed by atoms with Crippen LogP contribution in [0.15, 0.2) is 0 Å². The van der Waals surface area contributed by atoms with Gasteiger partial charge in [-0.3, -0.25) is 0 Å². The van der Waals surface area contributed by atoms with E-state index >= 15 is 0 Å². The third kappa shape index (κ3) is 644. The molecular weight excluding hydrogens is 224 g/mol. The van der Waals surface area contributed by atoms with Crippen LogP contribution in [0.4, 0.5) is 0 Å². The number of carbonyl (C=O) groups is 2. The Bertz CT molecular complexity index is 75.5. The van der Waals surface area contributed by atoms with E-state index in [1.807, 2.05) is 0 Å². The molecular formula is C4H10Ca2O6+2. The Kier molecular flexibility index (Phi) is 92.4. The van der Waals surface area contributed by atoms with Crippen LogP contribution in [0.1, 0.15) is 13.8 Å². The van der Waals surface area contributed by atoms with E-state index in [2.05, 4.69) is 0 Å². The summed E-state index contributed by atoms with van der Waals surface area (Å²) in [6, 6.07) is 0. The number of carbonyl (C=O) groups excluding carboxylic acids is 2. The number of carboxylic acids is 2. The van der Waals surface area contributed by atoms with E-state index in [9.17, 15) is 0 Å². The van der Waals surface area contributed by atoms with Gasteiger partial charge in [0.2, 0.25) is 0 Å². The standard InChI is InChI=1S/2C2H4O2.2Ca.2H2O/c2*1-2(3)4;;;;/h2*1H3,(H,3,4);;;2*1H2/q;;2*+2;;/p-2. The predicted molar refractivity (Wildman–Crippen MR) is 40.1 cm³/mol. The van der Waals surface area contributed by atoms with Gasteiger partial charge in [-0.1, -0.05) is 0 Å². The maximum Gasteiger partial charge on any atom is 2.00 e. The molecule has 0 radical (unpaired) electrons. The van der Waals surface area contributed by atoms with Crippen LogP contribution >= 0.6 is 0 Å². The van der Waals surface area contributed by atoms with E-state index < -0.39 is 11.9 Å². The monoisotopic (exact) mass is 234 g/mol. The summed E-state index contributed by atoms with van der Waals surface area (Å²) in [7, 11) is 0. The van der Waals surface area contributed by atoms with Crippen LogP contribution in [-0.4, -0.2) is 98.4 Å². The molecule has 6 nitrogen and oxygen atoms in total. The first-order valence-corrected chi connectivity index (χ1v) is 1.82. The molecule has 0 aliphatic rings. The van der Waals surface area contributed by atoms with Crippen LogP contribution in [0.25, 0.3) is 0 Å². The Morgan fingerprint density at radius 3 is 0.833 bits per heavy atom. The van der Waals surface area contributed by atoms with Gasteiger partial charge in [-0.2, -0.15) is 0 Å². The van der Waals surface area contributed by atoms with Crippen molar-refractivity contribution < 1.29 is 30.8 Å². The Morgan fingerprint density at radius 2 is 0.833 bits per heavy atom. The molecule has 0 fully saturated rings. The second kappa shape index (κ2) is 29.4. The summed E-state index contributed by atoms with van der Waals surface area (Å²) in [4.78, 5) is 17.8. The Morgan fingerprint density at radius 1 is 0.833 bits per heavy atom. The Labute approximate surface area is 130 Å². The maximum atomic E-state index is 8.89. The van der Waals surface area contributed by atoms with Crippen molar-refractivity contribution in [1.82, 2.24) is 0 Å². The molecule has 0 rings (SSSR count). The molecule has 0 aromatic rings. The van der Waals surface area contributed by atoms with Gasteiger partial charge in [0, 0.05) is 11.9 Å². The number of aliphatic carboxylic acids is 2. The van der Waals surface area contributed by atoms with Gasteiger partial charge in [0.1, 0.15) is 0 Å². The average molecular weight is 234 g/mol. The summed E-state index contributed by atoms with van der Waals surface area (Å²) in [5.74, 6) is -2.17. The Hall–Kier alpha value is 1.38. The minimum Gasteiger partial charge on any atom is -0.550 e. The first kappa shape index (κ1) is 37.7. The zero-order valence-electron chi connectivity index (χ0n) is 7.05. The van der Waals surface area contributed by atoms with Crippen molar-refractivity contribution in [3.05, 3.63) is 0 Å². The topological polar surface area (TPSA) is 143 Å². The molecule has 0 amide bonds. The van der Waals surface area contributed by atoms with Crippen molar-refractivity contribution in [3.8, 4) is 0 Å². The molecule has 0 saturated heterocycles. The molecule has 8 heteroatoms. The predicted octanol–water partition coefficient (Wildman–Crippen LogP) is -4.90. The Balaban J connectivity index is -0.0000000112. The van der Waals surface area contributed by atoms with Crippen LogP contribution in [-0.2, 0) is 9.59 Å². The van der Waals surface area contributed by atoms with Crippen LogP contribution in [0.3, 0.4) is 0 Å². The molecule has 0 aromatic heterocycles. The van der Waals surface area contributed by atoms with Crippen molar-refractivity contribution in [1.29, 1.82) is 0 Å². The third-order valence-electron chi connectivity index (χ3n) is 0. The summed E-state index contributed by atoms with van der Waals surface area (Å²) in [6.45, 7) is 1.94. The van der Waals surface area contributed by atoms with E-state index in [0.29, 0.717) is 0 Å². The fourth-order valence-electron chi connectivity index (χ4n) is 0. The van der Waals surface area contributed by atoms with Gasteiger partial charge in [-0.05, 0) is 13.8 Å². The first-order chi connectivity index (χ1) is 3.46. The van der Waals surface area contributed by atoms with Gasteiger partial charge in [0.25, 0.3) is 0 Å². The molecule has 12 heavy (non-hydrogen) atoms. The summed E-state index contributed by atoms with van der Waals surface area (Å²) in [6.07, 6.45) is 0. The zero-order valence-corrected chi connectivity index (χ0v) is 11.5. The van der Waals surface area contributed by atoms with Crippen molar-refractivity contribution in [2.45, 2.75) is 13.8 Å². The van der Waals surface area contributed by atoms with E-state index in [-0.39, 0.29) is 86.4 Å². The number of carboxylic acid groups (broad SMARTS) is 2. The molecule has 0 aromatic carbocycles. The molecule has 4 N–H and O–H groups in total. The quantitative estimate of drug-likeness (QED) is 0.387. The van der Waals surface area contributed by atoms with E-state index in [0.717, 1.165) is 13.8 Å². The second-order valence-electron chi connectivity index (χ2n) is 0.983. The minimum atomic E-state index is -1.08. The summed E-state index contributed by atoms with van der Waals surface area (Å²) >= 11 is 0. The smallest absolute Gasteiger partial charge is 0.550 e. The van der Waals surface area contributed by atoms with E-state index in [1.165, 1.54) is 0 Å². The molecule has 0 aliphatic heterocycles. The summed E-state index contributed by atoms with van der Waals surface area (Å²) < 4.78 is 0. The molecule has 0 unspecified atom stereocenters. The first-order valence-electron chi connectivity index (χ1n) is 1.82. The zero-order chi connectivity index (χ0) is 7.15. The third-order valence-corrected chi connectivity index (χ3v) is 0. The SMILES string of the molecule is CC(=O)[O-].CC(=O)[O-].O.O.[Ca+2].[Ca+2]. The molecule has 0 saturated carbocycles. The molecule has 0 aliphatic carbocycles. The van der Waals surface area contributed by atoms with Crippen molar-refractivity contribution in [2.75, 3.05) is 0 Å². The van der Waals surface area contributed by atoms with Gasteiger partial charge in [0.15, 0.2) is 0 Å². The molecule has 0 atom stereocenters. The van der Waals surface area contributed by atoms with Gasteiger partial charge in [-0.15, -0.1) is 0 Å². The fourth-order valence-corrected chi connectivity index (χ4v) is 0. The van der Waals surface area contributed by atoms with Crippen LogP contribution in [0.5, 0.6) is 0 Å². The van der Waals surface area contributed by atoms with E-state index in [1.54, 1.807) is 0 Å². The van der Waals surface area contributed by atoms with Crippen molar-refractivity contribution in [3.63, 3.8) is 0 Å². The largest absolute Gasteiger partial charge is 2.00 e. The van der Waals surface area contributed by atoms with Gasteiger partial charge in [-0.25, -0.2) is 0 Å². The molecule has 0 spiro atoms. The minimum absolute atomic E-state index is 0. The second-order valence-corrected chi connectivity index (χ2v) is 0.983.